The van der Waals surface area contributed by atoms with E-state index >= 15 is 4.79 Å². The maximum absolute atomic E-state index is 16.0. The second-order valence-electron chi connectivity index (χ2n) is 19.2. The molecule has 4 N–H and O–H groups in total. The highest BCUT2D eigenvalue weighted by molar-refractivity contribution is 5.96. The fraction of sp³-hybridized carbons (Fsp3) is 0.407. The summed E-state index contributed by atoms with van der Waals surface area (Å²) in [4.78, 5) is 85.8. The first-order valence-corrected chi connectivity index (χ1v) is 23.1. The van der Waals surface area contributed by atoms with Crippen LogP contribution < -0.4 is 5.32 Å². The number of ether oxygens (including phenoxy) is 5. The molecule has 0 aromatic heterocycles. The largest absolute Gasteiger partial charge is 0.456 e. The molecule has 2 saturated carbocycles. The standard InChI is InChI=1S/C54H57NO14/c1-31-37(66-50(63)43(59)42(34-20-12-7-13-21-34)55-48(61)35-22-14-8-15-23-35)29-54(64)47(68-49(62)36-24-16-9-17-25-36)45-52(5,38(57)28-39-53(45,30-65-39)69-32(2)56)46(60)44(41(31)51(54,3)4)67-40(58)27-26-33-18-10-6-11-19-33/h6-25,37-39,42-45,47,57,59,64H,26-30H2,1-5H3,(H,55,61)/t37-,38-,39+,42?,43?,44+,45?,47-,52+,53-,54+/m0/s1. The minimum Gasteiger partial charge on any atom is -0.456 e. The van der Waals surface area contributed by atoms with Gasteiger partial charge in [0.25, 0.3) is 5.91 Å². The van der Waals surface area contributed by atoms with E-state index in [1.54, 1.807) is 99.6 Å². The lowest BCUT2D eigenvalue weighted by Gasteiger charge is -2.67. The number of benzene rings is 4. The van der Waals surface area contributed by atoms with Crippen LogP contribution >= 0.6 is 0 Å². The van der Waals surface area contributed by atoms with Crippen molar-refractivity contribution in [2.75, 3.05) is 6.61 Å². The van der Waals surface area contributed by atoms with E-state index in [1.165, 1.54) is 19.1 Å². The Kier molecular flexibility index (Phi) is 13.5. The average molecular weight is 944 g/mol. The molecule has 1 saturated heterocycles. The summed E-state index contributed by atoms with van der Waals surface area (Å²) in [7, 11) is 0. The van der Waals surface area contributed by atoms with Crippen LogP contribution in [0.5, 0.6) is 0 Å². The molecule has 3 fully saturated rings. The quantitative estimate of drug-likeness (QED) is 0.0755. The molecule has 2 bridgehead atoms. The van der Waals surface area contributed by atoms with Crippen LogP contribution in [0.1, 0.15) is 91.8 Å². The van der Waals surface area contributed by atoms with Crippen molar-refractivity contribution in [3.05, 3.63) is 155 Å². The number of aryl methyl sites for hydroxylation is 1. The second kappa shape index (κ2) is 19.1. The number of esters is 4. The first kappa shape index (κ1) is 48.9. The van der Waals surface area contributed by atoms with Crippen molar-refractivity contribution >= 4 is 35.6 Å². The van der Waals surface area contributed by atoms with Crippen LogP contribution in [-0.4, -0.2) is 105 Å². The summed E-state index contributed by atoms with van der Waals surface area (Å²) in [5.74, 6) is -6.78. The molecule has 69 heavy (non-hydrogen) atoms. The highest BCUT2D eigenvalue weighted by Gasteiger charge is 2.78. The molecule has 1 heterocycles. The van der Waals surface area contributed by atoms with Gasteiger partial charge in [-0.1, -0.05) is 111 Å². The molecule has 0 radical (unpaired) electrons. The number of hydrogen-bond donors (Lipinski definition) is 4. The van der Waals surface area contributed by atoms with Crippen LogP contribution in [0.15, 0.2) is 132 Å². The van der Waals surface area contributed by atoms with Crippen LogP contribution in [0.3, 0.4) is 0 Å². The Morgan fingerprint density at radius 1 is 0.812 bits per heavy atom. The summed E-state index contributed by atoms with van der Waals surface area (Å²) in [6.45, 7) is 6.98. The molecule has 3 unspecified atom stereocenters. The number of fused-ring (bicyclic) bond motifs is 5. The van der Waals surface area contributed by atoms with Crippen LogP contribution in [0.25, 0.3) is 0 Å². The summed E-state index contributed by atoms with van der Waals surface area (Å²) in [6.07, 6.45) is -10.6. The van der Waals surface area contributed by atoms with Gasteiger partial charge in [0.15, 0.2) is 23.6 Å². The number of carbonyl (C=O) groups is 6. The maximum Gasteiger partial charge on any atom is 0.338 e. The van der Waals surface area contributed by atoms with Gasteiger partial charge in [-0.15, -0.1) is 0 Å². The third-order valence-corrected chi connectivity index (χ3v) is 14.9. The first-order valence-electron chi connectivity index (χ1n) is 23.1. The lowest BCUT2D eigenvalue weighted by Crippen LogP contribution is -2.82. The lowest BCUT2D eigenvalue weighted by atomic mass is 9.44. The van der Waals surface area contributed by atoms with Gasteiger partial charge in [0, 0.05) is 37.2 Å². The molecule has 8 rings (SSSR count). The molecular formula is C54H57NO14. The number of aliphatic hydroxyl groups excluding tert-OH is 2. The Balaban J connectivity index is 1.28. The minimum absolute atomic E-state index is 0.000236. The molecule has 4 aliphatic rings. The number of carbonyl (C=O) groups excluding carboxylic acids is 6. The van der Waals surface area contributed by atoms with E-state index < -0.39 is 113 Å². The summed E-state index contributed by atoms with van der Waals surface area (Å²) >= 11 is 0. The van der Waals surface area contributed by atoms with Crippen molar-refractivity contribution in [2.24, 2.45) is 16.7 Å². The fourth-order valence-corrected chi connectivity index (χ4v) is 11.1. The molecule has 4 aromatic carbocycles. The molecule has 4 aromatic rings. The van der Waals surface area contributed by atoms with Gasteiger partial charge in [-0.2, -0.15) is 0 Å². The molecule has 362 valence electrons. The van der Waals surface area contributed by atoms with E-state index in [2.05, 4.69) is 5.32 Å². The number of nitrogens with one attached hydrogen (secondary N) is 1. The van der Waals surface area contributed by atoms with E-state index in [1.807, 2.05) is 30.3 Å². The monoisotopic (exact) mass is 943 g/mol. The fourth-order valence-electron chi connectivity index (χ4n) is 11.1. The van der Waals surface area contributed by atoms with Crippen LogP contribution in [0.4, 0.5) is 0 Å². The Morgan fingerprint density at radius 3 is 1.97 bits per heavy atom. The van der Waals surface area contributed by atoms with E-state index in [4.69, 9.17) is 23.7 Å². The van der Waals surface area contributed by atoms with Crippen molar-refractivity contribution in [3.63, 3.8) is 0 Å². The normalized spacial score (nSPS) is 29.8. The highest BCUT2D eigenvalue weighted by Crippen LogP contribution is 2.64. The SMILES string of the molecule is CC(=O)O[C@@]12CO[C@@H]1C[C@H](O)[C@@]1(C)C(=O)[C@H](OC(=O)CCc3ccccc3)C3=C(C)[C@@H](OC(=O)C(O)C(NC(=O)c4ccccc4)c4ccccc4)C[C@@](O)([C@@H](OC(=O)c4ccccc4)C12)C3(C)C. The predicted octanol–water partition coefficient (Wildman–Crippen LogP) is 5.35. The van der Waals surface area contributed by atoms with Gasteiger partial charge in [0.1, 0.15) is 23.9 Å². The Hall–Kier alpha value is -6.52. The molecule has 11 atom stereocenters. The van der Waals surface area contributed by atoms with E-state index in [0.717, 1.165) is 12.5 Å². The molecule has 15 nitrogen and oxygen atoms in total. The summed E-state index contributed by atoms with van der Waals surface area (Å²) in [5.41, 5.74) is -6.34. The van der Waals surface area contributed by atoms with Crippen molar-refractivity contribution in [2.45, 2.75) is 114 Å². The summed E-state index contributed by atoms with van der Waals surface area (Å²) in [6, 6.07) is 32.2. The molecule has 1 aliphatic heterocycles. The van der Waals surface area contributed by atoms with Gasteiger partial charge in [0.2, 0.25) is 0 Å². The zero-order valence-electron chi connectivity index (χ0n) is 39.0. The number of aliphatic hydroxyl groups is 3. The lowest BCUT2D eigenvalue weighted by molar-refractivity contribution is -0.346. The first-order chi connectivity index (χ1) is 32.8. The van der Waals surface area contributed by atoms with Crippen molar-refractivity contribution in [1.82, 2.24) is 5.32 Å². The van der Waals surface area contributed by atoms with E-state index in [9.17, 15) is 39.3 Å². The van der Waals surface area contributed by atoms with Crippen LogP contribution in [0, 0.1) is 16.7 Å². The molecule has 15 heteroatoms. The van der Waals surface area contributed by atoms with Crippen LogP contribution in [-0.2, 0) is 49.3 Å². The number of Topliss-reactive ketones (excluding diaryl/α,β-unsaturated/α-hetero) is 1. The zero-order valence-corrected chi connectivity index (χ0v) is 39.0. The van der Waals surface area contributed by atoms with Crippen LogP contribution in [0.2, 0.25) is 0 Å². The van der Waals surface area contributed by atoms with Crippen molar-refractivity contribution in [1.29, 1.82) is 0 Å². The predicted molar refractivity (Wildman–Crippen MR) is 247 cm³/mol. The zero-order chi connectivity index (χ0) is 49.5. The van der Waals surface area contributed by atoms with E-state index in [-0.39, 0.29) is 48.1 Å². The number of ketones is 1. The van der Waals surface area contributed by atoms with Gasteiger partial charge in [0.05, 0.1) is 35.6 Å². The topological polar surface area (TPSA) is 221 Å². The summed E-state index contributed by atoms with van der Waals surface area (Å²) < 4.78 is 31.0. The Bertz CT molecular complexity index is 2620. The molecular weight excluding hydrogens is 887 g/mol. The molecule has 3 aliphatic carbocycles. The van der Waals surface area contributed by atoms with Crippen molar-refractivity contribution < 1.29 is 67.8 Å². The molecule has 1 amide bonds. The van der Waals surface area contributed by atoms with Gasteiger partial charge >= 0.3 is 23.9 Å². The summed E-state index contributed by atoms with van der Waals surface area (Å²) in [5, 5.41) is 40.9. The Labute approximate surface area is 399 Å². The second-order valence-corrected chi connectivity index (χ2v) is 19.2. The maximum atomic E-state index is 16.0. The third kappa shape index (κ3) is 8.77. The van der Waals surface area contributed by atoms with Crippen molar-refractivity contribution in [3.8, 4) is 0 Å². The smallest absolute Gasteiger partial charge is 0.338 e. The van der Waals surface area contributed by atoms with Gasteiger partial charge in [-0.25, -0.2) is 9.59 Å². The number of hydrogen-bond acceptors (Lipinski definition) is 14. The number of amides is 1. The number of rotatable bonds is 13. The third-order valence-electron chi connectivity index (χ3n) is 14.9. The van der Waals surface area contributed by atoms with Gasteiger partial charge in [-0.3, -0.25) is 19.2 Å². The highest BCUT2D eigenvalue weighted by atomic mass is 16.6. The molecule has 0 spiro atoms. The average Bonchev–Trinajstić information content (AvgIpc) is 3.34. The Morgan fingerprint density at radius 2 is 1.39 bits per heavy atom. The van der Waals surface area contributed by atoms with E-state index in [0.29, 0.717) is 5.56 Å². The minimum atomic E-state index is -2.42. The van der Waals surface area contributed by atoms with Gasteiger partial charge < -0.3 is 44.3 Å². The van der Waals surface area contributed by atoms with Gasteiger partial charge in [-0.05, 0) is 66.8 Å².